The Hall–Kier alpha value is -0.320. The molecule has 0 saturated carbocycles. The van der Waals surface area contributed by atoms with E-state index in [0.717, 1.165) is 19.3 Å². The Balaban J connectivity index is 3.64. The molecule has 15 heavy (non-hydrogen) atoms. The number of hydrogen-bond donors (Lipinski definition) is 1. The lowest BCUT2D eigenvalue weighted by atomic mass is 10.1. The molecule has 0 aliphatic rings. The van der Waals surface area contributed by atoms with E-state index in [1.165, 1.54) is 6.92 Å². The molecule has 2 unspecified atom stereocenters. The molecule has 2 atom stereocenters. The molecule has 0 aromatic rings. The van der Waals surface area contributed by atoms with Crippen LogP contribution in [0.5, 0.6) is 0 Å². The van der Waals surface area contributed by atoms with Crippen LogP contribution in [0.3, 0.4) is 0 Å². The van der Waals surface area contributed by atoms with Gasteiger partial charge in [0.2, 0.25) is 0 Å². The Morgan fingerprint density at radius 2 is 2.07 bits per heavy atom. The van der Waals surface area contributed by atoms with Crippen molar-refractivity contribution in [1.82, 2.24) is 0 Å². The van der Waals surface area contributed by atoms with Gasteiger partial charge < -0.3 is 4.74 Å². The van der Waals surface area contributed by atoms with Gasteiger partial charge in [0.05, 0.1) is 0 Å². The lowest BCUT2D eigenvalue weighted by Crippen LogP contribution is -2.21. The van der Waals surface area contributed by atoms with Crippen molar-refractivity contribution in [2.45, 2.75) is 51.0 Å². The number of rotatable bonds is 8. The van der Waals surface area contributed by atoms with E-state index in [0.29, 0.717) is 6.42 Å². The molecule has 1 N–H and O–H groups in total. The summed E-state index contributed by atoms with van der Waals surface area (Å²) in [5, 5.41) is 8.64. The minimum absolute atomic E-state index is 0.0710. The number of hydrogen-bond acceptors (Lipinski definition) is 4. The van der Waals surface area contributed by atoms with Crippen molar-refractivity contribution in [3.05, 3.63) is 0 Å². The first-order valence-corrected chi connectivity index (χ1v) is 5.61. The maximum Gasteiger partial charge on any atom is 0.302 e. The van der Waals surface area contributed by atoms with E-state index in [4.69, 9.17) is 21.6 Å². The molecular formula is C10H19ClO4. The highest BCUT2D eigenvalue weighted by atomic mass is 35.5. The van der Waals surface area contributed by atoms with E-state index in [2.05, 4.69) is 11.8 Å². The smallest absolute Gasteiger partial charge is 0.302 e. The molecular weight excluding hydrogens is 220 g/mol. The average molecular weight is 239 g/mol. The summed E-state index contributed by atoms with van der Waals surface area (Å²) in [4.78, 5) is 14.7. The van der Waals surface area contributed by atoms with Gasteiger partial charge >= 0.3 is 5.97 Å². The third kappa shape index (κ3) is 8.66. The van der Waals surface area contributed by atoms with Gasteiger partial charge in [0.25, 0.3) is 0 Å². The highest BCUT2D eigenvalue weighted by molar-refractivity contribution is 6.20. The first kappa shape index (κ1) is 14.7. The Morgan fingerprint density at radius 3 is 2.53 bits per heavy atom. The molecule has 0 rings (SSSR count). The summed E-state index contributed by atoms with van der Waals surface area (Å²) in [7, 11) is 0. The fraction of sp³-hybridized carbons (Fsp3) is 0.900. The largest absolute Gasteiger partial charge is 0.463 e. The molecule has 90 valence electrons. The summed E-state index contributed by atoms with van der Waals surface area (Å²) in [6.45, 7) is 3.45. The molecule has 0 heterocycles. The zero-order valence-corrected chi connectivity index (χ0v) is 10.00. The number of carbonyl (C=O) groups is 1. The van der Waals surface area contributed by atoms with Gasteiger partial charge in [0.1, 0.15) is 12.7 Å². The van der Waals surface area contributed by atoms with Crippen LogP contribution < -0.4 is 0 Å². The Kier molecular flexibility index (Phi) is 8.76. The van der Waals surface area contributed by atoms with Gasteiger partial charge in [-0.2, -0.15) is 0 Å². The lowest BCUT2D eigenvalue weighted by Gasteiger charge is -2.14. The first-order valence-electron chi connectivity index (χ1n) is 5.17. The van der Waals surface area contributed by atoms with Crippen LogP contribution in [0.2, 0.25) is 0 Å². The summed E-state index contributed by atoms with van der Waals surface area (Å²) >= 11 is 6.00. The summed E-state index contributed by atoms with van der Waals surface area (Å²) in [6.07, 6.45) is 2.81. The predicted molar refractivity (Wildman–Crippen MR) is 57.9 cm³/mol. The number of carbonyl (C=O) groups excluding carboxylic acids is 1. The van der Waals surface area contributed by atoms with Crippen LogP contribution in [0.15, 0.2) is 0 Å². The number of esters is 1. The minimum Gasteiger partial charge on any atom is -0.463 e. The van der Waals surface area contributed by atoms with Crippen molar-refractivity contribution in [1.29, 1.82) is 0 Å². The minimum atomic E-state index is -0.480. The second-order valence-electron chi connectivity index (χ2n) is 3.49. The van der Waals surface area contributed by atoms with Crippen molar-refractivity contribution >= 4 is 17.6 Å². The van der Waals surface area contributed by atoms with Crippen LogP contribution in [0.4, 0.5) is 0 Å². The van der Waals surface area contributed by atoms with Gasteiger partial charge in [-0.25, -0.2) is 4.89 Å². The highest BCUT2D eigenvalue weighted by Gasteiger charge is 2.13. The Morgan fingerprint density at radius 1 is 1.40 bits per heavy atom. The van der Waals surface area contributed by atoms with E-state index in [1.54, 1.807) is 0 Å². The highest BCUT2D eigenvalue weighted by Crippen LogP contribution is 2.14. The van der Waals surface area contributed by atoms with Gasteiger partial charge in [-0.1, -0.05) is 13.3 Å². The molecule has 0 fully saturated rings. The SMILES string of the molecule is CCCC(Cl)CCC(COC(C)=O)OO. The summed E-state index contributed by atoms with van der Waals surface area (Å²) in [5.41, 5.74) is 0. The van der Waals surface area contributed by atoms with E-state index in [1.807, 2.05) is 0 Å². The van der Waals surface area contributed by atoms with E-state index in [-0.39, 0.29) is 18.0 Å². The quantitative estimate of drug-likeness (QED) is 0.306. The standard InChI is InChI=1S/C10H19ClO4/c1-3-4-9(11)5-6-10(15-13)7-14-8(2)12/h9-10,13H,3-7H2,1-2H3. The van der Waals surface area contributed by atoms with Crippen LogP contribution >= 0.6 is 11.6 Å². The van der Waals surface area contributed by atoms with Gasteiger partial charge in [-0.3, -0.25) is 10.1 Å². The molecule has 5 heteroatoms. The lowest BCUT2D eigenvalue weighted by molar-refractivity contribution is -0.287. The van der Waals surface area contributed by atoms with E-state index < -0.39 is 6.10 Å². The number of ether oxygens (including phenoxy) is 1. The molecule has 0 aliphatic heterocycles. The Labute approximate surface area is 95.4 Å². The molecule has 0 bridgehead atoms. The summed E-state index contributed by atoms with van der Waals surface area (Å²) < 4.78 is 4.72. The molecule has 0 saturated heterocycles. The van der Waals surface area contributed by atoms with Gasteiger partial charge in [-0.15, -0.1) is 11.6 Å². The van der Waals surface area contributed by atoms with Crippen LogP contribution in [0.1, 0.15) is 39.5 Å². The molecule has 0 aromatic heterocycles. The monoisotopic (exact) mass is 238 g/mol. The van der Waals surface area contributed by atoms with Crippen LogP contribution in [0, 0.1) is 0 Å². The summed E-state index contributed by atoms with van der Waals surface area (Å²) in [5.74, 6) is -0.381. The van der Waals surface area contributed by atoms with Gasteiger partial charge in [0.15, 0.2) is 0 Å². The van der Waals surface area contributed by atoms with Gasteiger partial charge in [-0.05, 0) is 19.3 Å². The van der Waals surface area contributed by atoms with Crippen molar-refractivity contribution in [3.63, 3.8) is 0 Å². The zero-order chi connectivity index (χ0) is 11.7. The topological polar surface area (TPSA) is 55.8 Å². The molecule has 0 aliphatic carbocycles. The van der Waals surface area contributed by atoms with Crippen molar-refractivity contribution in [2.75, 3.05) is 6.61 Å². The molecule has 4 nitrogen and oxygen atoms in total. The summed E-state index contributed by atoms with van der Waals surface area (Å²) in [6, 6.07) is 0. The first-order chi connectivity index (χ1) is 7.10. The molecule has 0 radical (unpaired) electrons. The third-order valence-corrected chi connectivity index (χ3v) is 2.46. The number of alkyl halides is 1. The average Bonchev–Trinajstić information content (AvgIpc) is 2.18. The zero-order valence-electron chi connectivity index (χ0n) is 9.24. The van der Waals surface area contributed by atoms with Crippen LogP contribution in [0.25, 0.3) is 0 Å². The second kappa shape index (κ2) is 8.95. The maximum absolute atomic E-state index is 10.5. The normalized spacial score (nSPS) is 14.7. The predicted octanol–water partition coefficient (Wildman–Crippen LogP) is 2.60. The van der Waals surface area contributed by atoms with Gasteiger partial charge in [0, 0.05) is 12.3 Å². The fourth-order valence-corrected chi connectivity index (χ4v) is 1.55. The number of halogens is 1. The van der Waals surface area contributed by atoms with Crippen molar-refractivity contribution in [2.24, 2.45) is 0 Å². The van der Waals surface area contributed by atoms with Crippen molar-refractivity contribution in [3.8, 4) is 0 Å². The molecule has 0 aromatic carbocycles. The van der Waals surface area contributed by atoms with E-state index >= 15 is 0 Å². The third-order valence-electron chi connectivity index (χ3n) is 2.03. The van der Waals surface area contributed by atoms with Crippen molar-refractivity contribution < 1.29 is 19.7 Å². The molecule has 0 amide bonds. The van der Waals surface area contributed by atoms with Crippen LogP contribution in [-0.2, 0) is 14.4 Å². The fourth-order valence-electron chi connectivity index (χ4n) is 1.20. The van der Waals surface area contributed by atoms with Crippen LogP contribution in [-0.4, -0.2) is 29.3 Å². The van der Waals surface area contributed by atoms with E-state index in [9.17, 15) is 4.79 Å². The second-order valence-corrected chi connectivity index (χ2v) is 4.11. The molecule has 0 spiro atoms. The Bertz CT molecular complexity index is 175. The maximum atomic E-state index is 10.5.